The van der Waals surface area contributed by atoms with Crippen LogP contribution in [0.15, 0.2) is 64.2 Å². The van der Waals surface area contributed by atoms with Crippen LogP contribution < -0.4 is 5.32 Å². The highest BCUT2D eigenvalue weighted by Crippen LogP contribution is 2.26. The second kappa shape index (κ2) is 7.98. The van der Waals surface area contributed by atoms with Gasteiger partial charge in [0.2, 0.25) is 11.8 Å². The molecule has 0 aliphatic rings. The second-order valence-corrected chi connectivity index (χ2v) is 6.99. The molecule has 0 saturated heterocycles. The second-order valence-electron chi connectivity index (χ2n) is 5.70. The minimum absolute atomic E-state index is 0.0648. The van der Waals surface area contributed by atoms with E-state index in [1.165, 1.54) is 17.3 Å². The van der Waals surface area contributed by atoms with Gasteiger partial charge in [-0.1, -0.05) is 59.8 Å². The van der Waals surface area contributed by atoms with Crippen LogP contribution in [-0.4, -0.2) is 21.4 Å². The van der Waals surface area contributed by atoms with Gasteiger partial charge in [-0.25, -0.2) is 0 Å². The van der Waals surface area contributed by atoms with Crippen LogP contribution in [-0.2, 0) is 11.3 Å². The van der Waals surface area contributed by atoms with E-state index in [2.05, 4.69) is 15.5 Å². The Balaban J connectivity index is 1.54. The molecule has 0 radical (unpaired) electrons. The Morgan fingerprint density at radius 2 is 1.84 bits per heavy atom. The average Bonchev–Trinajstić information content (AvgIpc) is 3.10. The lowest BCUT2D eigenvalue weighted by atomic mass is 10.1. The standard InChI is InChI=1S/C19H19N3O2S/c1-13-8-10-15(11-9-13)12-20-17(23)14(2)25-19-22-21-18(24-19)16-6-4-3-5-7-16/h3-11,14H,12H2,1-2H3,(H,20,23)/t14-/m1/s1. The third kappa shape index (κ3) is 4.70. The summed E-state index contributed by atoms with van der Waals surface area (Å²) in [7, 11) is 0. The molecule has 0 aliphatic carbocycles. The van der Waals surface area contributed by atoms with Gasteiger partial charge in [0.05, 0.1) is 5.25 Å². The zero-order valence-corrected chi connectivity index (χ0v) is 14.9. The van der Waals surface area contributed by atoms with Gasteiger partial charge in [0.15, 0.2) is 0 Å². The quantitative estimate of drug-likeness (QED) is 0.682. The number of nitrogens with one attached hydrogen (secondary N) is 1. The normalized spacial score (nSPS) is 11.9. The summed E-state index contributed by atoms with van der Waals surface area (Å²) < 4.78 is 5.63. The van der Waals surface area contributed by atoms with Gasteiger partial charge in [-0.15, -0.1) is 10.2 Å². The lowest BCUT2D eigenvalue weighted by Gasteiger charge is -2.10. The third-order valence-electron chi connectivity index (χ3n) is 3.66. The summed E-state index contributed by atoms with van der Waals surface area (Å²) in [5.41, 5.74) is 3.13. The number of carbonyl (C=O) groups excluding carboxylic acids is 1. The minimum Gasteiger partial charge on any atom is -0.411 e. The molecule has 1 atom stereocenters. The fraction of sp³-hybridized carbons (Fsp3) is 0.211. The topological polar surface area (TPSA) is 68.0 Å². The molecular weight excluding hydrogens is 334 g/mol. The Hall–Kier alpha value is -2.60. The first-order valence-corrected chi connectivity index (χ1v) is 8.88. The van der Waals surface area contributed by atoms with Crippen molar-refractivity contribution < 1.29 is 9.21 Å². The Kier molecular flexibility index (Phi) is 5.50. The van der Waals surface area contributed by atoms with Crippen molar-refractivity contribution in [3.05, 3.63) is 65.7 Å². The third-order valence-corrected chi connectivity index (χ3v) is 4.60. The van der Waals surface area contributed by atoms with E-state index in [-0.39, 0.29) is 11.2 Å². The van der Waals surface area contributed by atoms with Crippen LogP contribution in [0.2, 0.25) is 0 Å². The van der Waals surface area contributed by atoms with Gasteiger partial charge in [-0.2, -0.15) is 0 Å². The Labute approximate surface area is 150 Å². The van der Waals surface area contributed by atoms with E-state index in [9.17, 15) is 4.79 Å². The van der Waals surface area contributed by atoms with Crippen molar-refractivity contribution in [1.82, 2.24) is 15.5 Å². The maximum absolute atomic E-state index is 12.2. The molecule has 6 heteroatoms. The molecule has 25 heavy (non-hydrogen) atoms. The first-order chi connectivity index (χ1) is 12.1. The SMILES string of the molecule is Cc1ccc(CNC(=O)[C@@H](C)Sc2nnc(-c3ccccc3)o2)cc1. The fourth-order valence-electron chi connectivity index (χ4n) is 2.20. The van der Waals surface area contributed by atoms with Crippen LogP contribution in [0.1, 0.15) is 18.1 Å². The monoisotopic (exact) mass is 353 g/mol. The highest BCUT2D eigenvalue weighted by Gasteiger charge is 2.18. The number of amides is 1. The molecule has 3 aromatic rings. The van der Waals surface area contributed by atoms with Crippen molar-refractivity contribution in [2.45, 2.75) is 30.9 Å². The molecule has 0 saturated carbocycles. The molecular formula is C19H19N3O2S. The molecule has 2 aromatic carbocycles. The van der Waals surface area contributed by atoms with E-state index in [1.807, 2.05) is 68.4 Å². The van der Waals surface area contributed by atoms with E-state index in [0.717, 1.165) is 11.1 Å². The zero-order chi connectivity index (χ0) is 17.6. The van der Waals surface area contributed by atoms with Crippen LogP contribution in [0, 0.1) is 6.92 Å². The zero-order valence-electron chi connectivity index (χ0n) is 14.1. The van der Waals surface area contributed by atoms with E-state index in [1.54, 1.807) is 0 Å². The summed E-state index contributed by atoms with van der Waals surface area (Å²) in [6, 6.07) is 17.6. The molecule has 3 rings (SSSR count). The summed E-state index contributed by atoms with van der Waals surface area (Å²) in [4.78, 5) is 12.2. The van der Waals surface area contributed by atoms with Gasteiger partial charge in [0, 0.05) is 12.1 Å². The number of aromatic nitrogens is 2. The van der Waals surface area contributed by atoms with Gasteiger partial charge in [-0.3, -0.25) is 4.79 Å². The summed E-state index contributed by atoms with van der Waals surface area (Å²) in [5.74, 6) is 0.389. The first kappa shape index (κ1) is 17.2. The Morgan fingerprint density at radius 1 is 1.12 bits per heavy atom. The molecule has 0 spiro atoms. The van der Waals surface area contributed by atoms with Gasteiger partial charge in [-0.05, 0) is 31.5 Å². The number of rotatable bonds is 6. The molecule has 0 fully saturated rings. The molecule has 1 amide bonds. The maximum atomic E-state index is 12.2. The van der Waals surface area contributed by atoms with E-state index in [4.69, 9.17) is 4.42 Å². The highest BCUT2D eigenvalue weighted by atomic mass is 32.2. The number of aryl methyl sites for hydroxylation is 1. The molecule has 1 heterocycles. The van der Waals surface area contributed by atoms with Crippen LogP contribution in [0.5, 0.6) is 0 Å². The predicted molar refractivity (Wildman–Crippen MR) is 98.1 cm³/mol. The highest BCUT2D eigenvalue weighted by molar-refractivity contribution is 8.00. The summed E-state index contributed by atoms with van der Waals surface area (Å²) >= 11 is 1.25. The summed E-state index contributed by atoms with van der Waals surface area (Å²) in [6.07, 6.45) is 0. The van der Waals surface area contributed by atoms with Crippen LogP contribution >= 0.6 is 11.8 Å². The molecule has 1 aromatic heterocycles. The van der Waals surface area contributed by atoms with Crippen molar-refractivity contribution in [2.24, 2.45) is 0 Å². The molecule has 0 bridgehead atoms. The van der Waals surface area contributed by atoms with E-state index < -0.39 is 0 Å². The summed E-state index contributed by atoms with van der Waals surface area (Å²) in [5, 5.41) is 11.0. The fourth-order valence-corrected chi connectivity index (χ4v) is 2.91. The molecule has 128 valence electrons. The Bertz CT molecular complexity index is 831. The van der Waals surface area contributed by atoms with Crippen LogP contribution in [0.4, 0.5) is 0 Å². The molecule has 1 N–H and O–H groups in total. The van der Waals surface area contributed by atoms with Gasteiger partial charge in [0.25, 0.3) is 5.22 Å². The van der Waals surface area contributed by atoms with Crippen molar-refractivity contribution in [2.75, 3.05) is 0 Å². The van der Waals surface area contributed by atoms with Crippen LogP contribution in [0.3, 0.4) is 0 Å². The molecule has 0 unspecified atom stereocenters. The molecule has 5 nitrogen and oxygen atoms in total. The predicted octanol–water partition coefficient (Wildman–Crippen LogP) is 3.84. The average molecular weight is 353 g/mol. The van der Waals surface area contributed by atoms with E-state index in [0.29, 0.717) is 17.7 Å². The number of thioether (sulfide) groups is 1. The molecule has 0 aliphatic heterocycles. The lowest BCUT2D eigenvalue weighted by molar-refractivity contribution is -0.120. The lowest BCUT2D eigenvalue weighted by Crippen LogP contribution is -2.30. The minimum atomic E-state index is -0.325. The number of hydrogen-bond acceptors (Lipinski definition) is 5. The number of carbonyl (C=O) groups is 1. The van der Waals surface area contributed by atoms with Crippen molar-refractivity contribution >= 4 is 17.7 Å². The summed E-state index contributed by atoms with van der Waals surface area (Å²) in [6.45, 7) is 4.36. The smallest absolute Gasteiger partial charge is 0.277 e. The van der Waals surface area contributed by atoms with Crippen molar-refractivity contribution in [3.8, 4) is 11.5 Å². The van der Waals surface area contributed by atoms with Gasteiger partial charge in [0.1, 0.15) is 0 Å². The number of nitrogens with zero attached hydrogens (tertiary/aromatic N) is 2. The Morgan fingerprint density at radius 3 is 2.56 bits per heavy atom. The van der Waals surface area contributed by atoms with E-state index >= 15 is 0 Å². The maximum Gasteiger partial charge on any atom is 0.277 e. The van der Waals surface area contributed by atoms with Crippen LogP contribution in [0.25, 0.3) is 11.5 Å². The van der Waals surface area contributed by atoms with Crippen molar-refractivity contribution in [3.63, 3.8) is 0 Å². The number of hydrogen-bond donors (Lipinski definition) is 1. The number of benzene rings is 2. The van der Waals surface area contributed by atoms with Gasteiger partial charge >= 0.3 is 0 Å². The van der Waals surface area contributed by atoms with Crippen molar-refractivity contribution in [1.29, 1.82) is 0 Å². The van der Waals surface area contributed by atoms with Gasteiger partial charge < -0.3 is 9.73 Å². The first-order valence-electron chi connectivity index (χ1n) is 8.00. The largest absolute Gasteiger partial charge is 0.411 e.